The number of hydrogen-bond acceptors (Lipinski definition) is 0. The fourth-order valence-corrected chi connectivity index (χ4v) is 6.91. The average Bonchev–Trinajstić information content (AvgIpc) is 3.35. The van der Waals surface area contributed by atoms with Gasteiger partial charge in [-0.2, -0.15) is 0 Å². The summed E-state index contributed by atoms with van der Waals surface area (Å²) >= 11 is 0. The average molecular weight is 580 g/mol. The summed E-state index contributed by atoms with van der Waals surface area (Å²) in [5.74, 6) is 6.98. The van der Waals surface area contributed by atoms with Crippen LogP contribution in [0, 0.1) is 11.8 Å². The summed E-state index contributed by atoms with van der Waals surface area (Å²) in [6, 6.07) is 42.5. The van der Waals surface area contributed by atoms with E-state index < -0.39 is 0 Å². The predicted octanol–water partition coefficient (Wildman–Crippen LogP) is 11.7. The Labute approximate surface area is 265 Å². The van der Waals surface area contributed by atoms with Crippen LogP contribution in [-0.4, -0.2) is 4.57 Å². The molecule has 0 fully saturated rings. The minimum atomic E-state index is 0.0826. The van der Waals surface area contributed by atoms with Gasteiger partial charge < -0.3 is 4.57 Å². The van der Waals surface area contributed by atoms with Gasteiger partial charge in [-0.1, -0.05) is 114 Å². The highest BCUT2D eigenvalue weighted by Gasteiger charge is 2.20. The van der Waals surface area contributed by atoms with Crippen molar-refractivity contribution in [1.29, 1.82) is 0 Å². The van der Waals surface area contributed by atoms with Crippen LogP contribution in [0.5, 0.6) is 0 Å². The highest BCUT2D eigenvalue weighted by Crippen LogP contribution is 2.38. The van der Waals surface area contributed by atoms with Crippen LogP contribution in [0.2, 0.25) is 0 Å². The van der Waals surface area contributed by atoms with E-state index in [2.05, 4.69) is 173 Å². The molecule has 1 aromatic heterocycles. The van der Waals surface area contributed by atoms with E-state index in [1.807, 2.05) is 0 Å². The van der Waals surface area contributed by atoms with Crippen molar-refractivity contribution in [3.8, 4) is 17.5 Å². The highest BCUT2D eigenvalue weighted by molar-refractivity contribution is 6.23. The van der Waals surface area contributed by atoms with E-state index in [1.54, 1.807) is 0 Å². The number of nitrogens with zero attached hydrogens (tertiary/aromatic N) is 1. The monoisotopic (exact) mass is 579 g/mol. The maximum absolute atomic E-state index is 3.51. The first kappa shape index (κ1) is 27.5. The quantitative estimate of drug-likeness (QED) is 0.135. The van der Waals surface area contributed by atoms with E-state index in [0.29, 0.717) is 0 Å². The lowest BCUT2D eigenvalue weighted by molar-refractivity contribution is 0.590. The van der Waals surface area contributed by atoms with Crippen LogP contribution in [-0.2, 0) is 10.8 Å². The molecule has 0 saturated heterocycles. The Morgan fingerprint density at radius 3 is 1.58 bits per heavy atom. The largest absolute Gasteiger partial charge is 0.309 e. The summed E-state index contributed by atoms with van der Waals surface area (Å²) in [5.41, 5.74) is 8.56. The first-order valence-corrected chi connectivity index (χ1v) is 15.9. The summed E-state index contributed by atoms with van der Waals surface area (Å²) in [5, 5.41) is 10.3. The van der Waals surface area contributed by atoms with Crippen molar-refractivity contribution in [2.75, 3.05) is 0 Å². The van der Waals surface area contributed by atoms with Gasteiger partial charge in [0.05, 0.1) is 11.0 Å². The van der Waals surface area contributed by atoms with Crippen molar-refractivity contribution in [1.82, 2.24) is 4.57 Å². The molecule has 45 heavy (non-hydrogen) atoms. The molecule has 0 aliphatic heterocycles. The number of fused-ring (bicyclic) bond motifs is 3. The van der Waals surface area contributed by atoms with Crippen molar-refractivity contribution in [2.45, 2.75) is 52.4 Å². The standard InChI is InChI=1S/C44H37N/c1-43(2,3)33-19-24-39-37(26-33)38-27-34(44(4,5)6)20-25-40(38)45(39)35-21-11-28(12-22-35)10-13-29-14-15-32-17-16-30-8-7-9-31-18-23-36(29)42(32)41(30)31/h7-9,11-12,14-27H,1-6H3. The molecule has 0 spiro atoms. The van der Waals surface area contributed by atoms with Crippen LogP contribution in [0.4, 0.5) is 0 Å². The van der Waals surface area contributed by atoms with Gasteiger partial charge >= 0.3 is 0 Å². The molecule has 1 nitrogen and oxygen atoms in total. The van der Waals surface area contributed by atoms with Gasteiger partial charge in [0.25, 0.3) is 0 Å². The summed E-state index contributed by atoms with van der Waals surface area (Å²) in [6.45, 7) is 13.7. The second kappa shape index (κ2) is 9.72. The SMILES string of the molecule is CC(C)(C)c1ccc2c(c1)c1cc(C(C)(C)C)ccc1n2-c1ccc(C#Cc2ccc3ccc4cccc5ccc2c3c45)cc1. The summed E-state index contributed by atoms with van der Waals surface area (Å²) in [7, 11) is 0. The fourth-order valence-electron chi connectivity index (χ4n) is 6.91. The third-order valence-electron chi connectivity index (χ3n) is 9.49. The zero-order valence-corrected chi connectivity index (χ0v) is 26.9. The van der Waals surface area contributed by atoms with E-state index in [9.17, 15) is 0 Å². The molecule has 0 bridgehead atoms. The summed E-state index contributed by atoms with van der Waals surface area (Å²) < 4.78 is 2.40. The molecular formula is C44H37N. The lowest BCUT2D eigenvalue weighted by Gasteiger charge is -2.19. The molecule has 218 valence electrons. The predicted molar refractivity (Wildman–Crippen MR) is 194 cm³/mol. The number of hydrogen-bond donors (Lipinski definition) is 0. The van der Waals surface area contributed by atoms with Crippen molar-refractivity contribution in [3.63, 3.8) is 0 Å². The van der Waals surface area contributed by atoms with E-state index >= 15 is 0 Å². The van der Waals surface area contributed by atoms with Crippen LogP contribution in [0.1, 0.15) is 63.8 Å². The molecule has 0 atom stereocenters. The fraction of sp³-hybridized carbons (Fsp3) is 0.182. The number of rotatable bonds is 1. The molecule has 8 rings (SSSR count). The van der Waals surface area contributed by atoms with Gasteiger partial charge in [0.1, 0.15) is 0 Å². The molecule has 1 heterocycles. The van der Waals surface area contributed by atoms with Gasteiger partial charge in [-0.25, -0.2) is 0 Å². The van der Waals surface area contributed by atoms with Crippen molar-refractivity contribution in [3.05, 3.63) is 138 Å². The smallest absolute Gasteiger partial charge is 0.0541 e. The molecule has 0 aliphatic rings. The summed E-state index contributed by atoms with van der Waals surface area (Å²) in [6.07, 6.45) is 0. The Bertz CT molecular complexity index is 2390. The van der Waals surface area contributed by atoms with E-state index in [0.717, 1.165) is 16.8 Å². The zero-order valence-electron chi connectivity index (χ0n) is 26.9. The van der Waals surface area contributed by atoms with Crippen LogP contribution in [0.25, 0.3) is 59.8 Å². The first-order valence-electron chi connectivity index (χ1n) is 15.9. The van der Waals surface area contributed by atoms with Gasteiger partial charge in [-0.05, 0) is 109 Å². The normalized spacial score (nSPS) is 12.5. The molecule has 8 aromatic rings. The Hall–Kier alpha value is -5.06. The molecule has 0 aliphatic carbocycles. The third-order valence-corrected chi connectivity index (χ3v) is 9.49. The molecule has 7 aromatic carbocycles. The Kier molecular flexibility index (Phi) is 5.94. The summed E-state index contributed by atoms with van der Waals surface area (Å²) in [4.78, 5) is 0. The molecule has 0 saturated carbocycles. The lowest BCUT2D eigenvalue weighted by Crippen LogP contribution is -2.10. The molecule has 0 N–H and O–H groups in total. The highest BCUT2D eigenvalue weighted by atomic mass is 15.0. The van der Waals surface area contributed by atoms with Gasteiger partial charge in [0, 0.05) is 27.6 Å². The van der Waals surface area contributed by atoms with Crippen LogP contribution >= 0.6 is 0 Å². The maximum Gasteiger partial charge on any atom is 0.0541 e. The lowest BCUT2D eigenvalue weighted by atomic mass is 9.85. The van der Waals surface area contributed by atoms with Crippen LogP contribution < -0.4 is 0 Å². The minimum absolute atomic E-state index is 0.0826. The minimum Gasteiger partial charge on any atom is -0.309 e. The van der Waals surface area contributed by atoms with Crippen LogP contribution in [0.15, 0.2) is 115 Å². The van der Waals surface area contributed by atoms with E-state index in [1.165, 1.54) is 65.3 Å². The molecule has 0 radical (unpaired) electrons. The Balaban J connectivity index is 1.23. The molecule has 0 unspecified atom stereocenters. The number of aromatic nitrogens is 1. The second-order valence-electron chi connectivity index (χ2n) is 14.6. The van der Waals surface area contributed by atoms with Gasteiger partial charge in [0.2, 0.25) is 0 Å². The van der Waals surface area contributed by atoms with E-state index in [-0.39, 0.29) is 10.8 Å². The molecular weight excluding hydrogens is 542 g/mol. The van der Waals surface area contributed by atoms with Gasteiger partial charge in [-0.15, -0.1) is 0 Å². The zero-order chi connectivity index (χ0) is 31.1. The van der Waals surface area contributed by atoms with Crippen molar-refractivity contribution in [2.24, 2.45) is 0 Å². The molecule has 0 amide bonds. The van der Waals surface area contributed by atoms with Crippen molar-refractivity contribution < 1.29 is 0 Å². The Morgan fingerprint density at radius 2 is 1.00 bits per heavy atom. The third kappa shape index (κ3) is 4.48. The van der Waals surface area contributed by atoms with Crippen molar-refractivity contribution >= 4 is 54.1 Å². The molecule has 1 heteroatoms. The van der Waals surface area contributed by atoms with E-state index in [4.69, 9.17) is 0 Å². The van der Waals surface area contributed by atoms with Crippen LogP contribution in [0.3, 0.4) is 0 Å². The topological polar surface area (TPSA) is 4.93 Å². The van der Waals surface area contributed by atoms with Gasteiger partial charge in [-0.3, -0.25) is 0 Å². The maximum atomic E-state index is 3.51. The number of benzene rings is 7. The van der Waals surface area contributed by atoms with Gasteiger partial charge in [0.15, 0.2) is 0 Å². The first-order chi connectivity index (χ1) is 21.6. The Morgan fingerprint density at radius 1 is 0.467 bits per heavy atom. The second-order valence-corrected chi connectivity index (χ2v) is 14.6.